The Bertz CT molecular complexity index is 887. The van der Waals surface area contributed by atoms with Gasteiger partial charge in [0.15, 0.2) is 5.78 Å². The molecule has 1 atom stereocenters. The minimum atomic E-state index is -0.107. The average Bonchev–Trinajstić information content (AvgIpc) is 2.66. The van der Waals surface area contributed by atoms with E-state index in [0.29, 0.717) is 5.56 Å². The van der Waals surface area contributed by atoms with Crippen molar-refractivity contribution in [3.8, 4) is 0 Å². The van der Waals surface area contributed by atoms with Gasteiger partial charge in [0.2, 0.25) is 5.91 Å². The number of fused-ring (bicyclic) bond motifs is 1. The molecule has 0 saturated heterocycles. The number of carbonyl (C=O) groups is 2. The van der Waals surface area contributed by atoms with Crippen LogP contribution in [0, 0.1) is 0 Å². The maximum Gasteiger partial charge on any atom is 0.220 e. The van der Waals surface area contributed by atoms with E-state index >= 15 is 0 Å². The summed E-state index contributed by atoms with van der Waals surface area (Å²) >= 11 is 0. The topological polar surface area (TPSA) is 46.2 Å². The van der Waals surface area contributed by atoms with Gasteiger partial charge in [-0.2, -0.15) is 0 Å². The van der Waals surface area contributed by atoms with Gasteiger partial charge in [-0.3, -0.25) is 9.59 Å². The molecule has 3 nitrogen and oxygen atoms in total. The summed E-state index contributed by atoms with van der Waals surface area (Å²) in [6.45, 7) is 1.96. The van der Waals surface area contributed by atoms with Crippen LogP contribution in [0.25, 0.3) is 10.8 Å². The van der Waals surface area contributed by atoms with Crippen LogP contribution in [0.15, 0.2) is 72.8 Å². The lowest BCUT2D eigenvalue weighted by Crippen LogP contribution is -2.26. The van der Waals surface area contributed by atoms with E-state index in [-0.39, 0.29) is 30.6 Å². The molecule has 1 N–H and O–H groups in total. The van der Waals surface area contributed by atoms with Crippen LogP contribution in [-0.4, -0.2) is 11.7 Å². The minimum Gasteiger partial charge on any atom is -0.350 e. The second-order valence-corrected chi connectivity index (χ2v) is 6.18. The van der Waals surface area contributed by atoms with Crippen LogP contribution in [-0.2, 0) is 4.79 Å². The molecule has 0 fully saturated rings. The molecule has 0 aromatic heterocycles. The van der Waals surface area contributed by atoms with Gasteiger partial charge in [0.25, 0.3) is 0 Å². The quantitative estimate of drug-likeness (QED) is 0.667. The Kier molecular flexibility index (Phi) is 5.24. The normalized spacial score (nSPS) is 11.9. The molecule has 0 bridgehead atoms. The summed E-state index contributed by atoms with van der Waals surface area (Å²) in [5.74, 6) is -0.112. The number of carbonyl (C=O) groups excluding carboxylic acids is 2. The zero-order valence-corrected chi connectivity index (χ0v) is 14.2. The van der Waals surface area contributed by atoms with E-state index in [1.54, 1.807) is 12.1 Å². The lowest BCUT2D eigenvalue weighted by molar-refractivity contribution is -0.121. The summed E-state index contributed by atoms with van der Waals surface area (Å²) < 4.78 is 0. The van der Waals surface area contributed by atoms with Crippen LogP contribution < -0.4 is 5.32 Å². The number of amides is 1. The van der Waals surface area contributed by atoms with E-state index < -0.39 is 0 Å². The third kappa shape index (κ3) is 4.32. The number of hydrogen-bond acceptors (Lipinski definition) is 2. The zero-order valence-electron chi connectivity index (χ0n) is 14.2. The summed E-state index contributed by atoms with van der Waals surface area (Å²) in [6, 6.07) is 23.3. The fourth-order valence-corrected chi connectivity index (χ4v) is 2.87. The highest BCUT2D eigenvalue weighted by Gasteiger charge is 2.12. The van der Waals surface area contributed by atoms with Crippen LogP contribution in [0.5, 0.6) is 0 Å². The smallest absolute Gasteiger partial charge is 0.220 e. The molecule has 0 saturated carbocycles. The molecule has 0 heterocycles. The lowest BCUT2D eigenvalue weighted by atomic mass is 10.0. The first-order valence-corrected chi connectivity index (χ1v) is 8.50. The average molecular weight is 331 g/mol. The number of nitrogens with one attached hydrogen (secondary N) is 1. The Morgan fingerprint density at radius 3 is 2.28 bits per heavy atom. The number of ketones is 1. The highest BCUT2D eigenvalue weighted by Crippen LogP contribution is 2.20. The molecule has 3 aromatic rings. The van der Waals surface area contributed by atoms with Gasteiger partial charge in [0.1, 0.15) is 0 Å². The Balaban J connectivity index is 1.57. The van der Waals surface area contributed by atoms with Crippen molar-refractivity contribution in [2.75, 3.05) is 0 Å². The maximum atomic E-state index is 12.2. The highest BCUT2D eigenvalue weighted by molar-refractivity contribution is 5.97. The van der Waals surface area contributed by atoms with Gasteiger partial charge in [0.05, 0.1) is 6.04 Å². The first-order valence-electron chi connectivity index (χ1n) is 8.50. The largest absolute Gasteiger partial charge is 0.350 e. The van der Waals surface area contributed by atoms with Gasteiger partial charge >= 0.3 is 0 Å². The van der Waals surface area contributed by atoms with E-state index in [1.165, 1.54) is 5.39 Å². The number of Topliss-reactive ketones (excluding diaryl/α,β-unsaturated/α-hetero) is 1. The van der Waals surface area contributed by atoms with Crippen LogP contribution in [0.1, 0.15) is 41.7 Å². The lowest BCUT2D eigenvalue weighted by Gasteiger charge is -2.15. The molecule has 0 aliphatic rings. The maximum absolute atomic E-state index is 12.2. The molecule has 126 valence electrons. The van der Waals surface area contributed by atoms with Crippen molar-refractivity contribution in [3.05, 3.63) is 83.9 Å². The van der Waals surface area contributed by atoms with Crippen molar-refractivity contribution in [3.63, 3.8) is 0 Å². The highest BCUT2D eigenvalue weighted by atomic mass is 16.2. The van der Waals surface area contributed by atoms with Gasteiger partial charge in [-0.15, -0.1) is 0 Å². The van der Waals surface area contributed by atoms with Crippen molar-refractivity contribution in [2.45, 2.75) is 25.8 Å². The Morgan fingerprint density at radius 1 is 0.840 bits per heavy atom. The Morgan fingerprint density at radius 2 is 1.52 bits per heavy atom. The van der Waals surface area contributed by atoms with E-state index in [1.807, 2.05) is 43.3 Å². The third-order valence-corrected chi connectivity index (χ3v) is 4.33. The number of rotatable bonds is 6. The van der Waals surface area contributed by atoms with Gasteiger partial charge in [-0.05, 0) is 29.3 Å². The first-order chi connectivity index (χ1) is 12.1. The molecular formula is C22H21NO2. The van der Waals surface area contributed by atoms with Crippen LogP contribution in [0.3, 0.4) is 0 Å². The Hall–Kier alpha value is -2.94. The molecule has 3 rings (SSSR count). The van der Waals surface area contributed by atoms with Gasteiger partial charge in [-0.25, -0.2) is 0 Å². The standard InChI is InChI=1S/C22H21NO2/c1-16(19-12-11-17-7-5-6-10-20(17)15-19)23-22(25)14-13-21(24)18-8-3-2-4-9-18/h2-12,15-16H,13-14H2,1H3,(H,23,25). The van der Waals surface area contributed by atoms with Crippen molar-refractivity contribution in [2.24, 2.45) is 0 Å². The summed E-state index contributed by atoms with van der Waals surface area (Å²) in [5.41, 5.74) is 1.71. The van der Waals surface area contributed by atoms with Gasteiger partial charge in [-0.1, -0.05) is 66.7 Å². The van der Waals surface area contributed by atoms with Crippen LogP contribution >= 0.6 is 0 Å². The summed E-state index contributed by atoms with van der Waals surface area (Å²) in [6.07, 6.45) is 0.423. The predicted octanol–water partition coefficient (Wildman–Crippen LogP) is 4.68. The molecule has 0 aliphatic carbocycles. The van der Waals surface area contributed by atoms with Crippen molar-refractivity contribution in [1.29, 1.82) is 0 Å². The molecule has 0 aliphatic heterocycles. The first kappa shape index (κ1) is 16.9. The van der Waals surface area contributed by atoms with E-state index in [0.717, 1.165) is 10.9 Å². The van der Waals surface area contributed by atoms with Crippen molar-refractivity contribution in [1.82, 2.24) is 5.32 Å². The van der Waals surface area contributed by atoms with Gasteiger partial charge < -0.3 is 5.32 Å². The SMILES string of the molecule is CC(NC(=O)CCC(=O)c1ccccc1)c1ccc2ccccc2c1. The summed E-state index contributed by atoms with van der Waals surface area (Å²) in [5, 5.41) is 5.31. The fourth-order valence-electron chi connectivity index (χ4n) is 2.87. The Labute approximate surface area is 147 Å². The molecule has 0 radical (unpaired) electrons. The molecular weight excluding hydrogens is 310 g/mol. The number of hydrogen-bond donors (Lipinski definition) is 1. The molecule has 1 amide bonds. The predicted molar refractivity (Wildman–Crippen MR) is 101 cm³/mol. The van der Waals surface area contributed by atoms with E-state index in [4.69, 9.17) is 0 Å². The van der Waals surface area contributed by atoms with Crippen LogP contribution in [0.4, 0.5) is 0 Å². The van der Waals surface area contributed by atoms with Crippen LogP contribution in [0.2, 0.25) is 0 Å². The number of benzene rings is 3. The zero-order chi connectivity index (χ0) is 17.6. The molecule has 3 heteroatoms. The fraction of sp³-hybridized carbons (Fsp3) is 0.182. The monoisotopic (exact) mass is 331 g/mol. The van der Waals surface area contributed by atoms with E-state index in [9.17, 15) is 9.59 Å². The molecule has 3 aromatic carbocycles. The van der Waals surface area contributed by atoms with Crippen molar-refractivity contribution >= 4 is 22.5 Å². The minimum absolute atomic E-state index is 0.00546. The van der Waals surface area contributed by atoms with Gasteiger partial charge in [0, 0.05) is 18.4 Å². The van der Waals surface area contributed by atoms with E-state index in [2.05, 4.69) is 29.6 Å². The summed E-state index contributed by atoms with van der Waals surface area (Å²) in [7, 11) is 0. The second-order valence-electron chi connectivity index (χ2n) is 6.18. The second kappa shape index (κ2) is 7.75. The molecule has 1 unspecified atom stereocenters. The van der Waals surface area contributed by atoms with Crippen molar-refractivity contribution < 1.29 is 9.59 Å². The molecule has 0 spiro atoms. The summed E-state index contributed by atoms with van der Waals surface area (Å²) in [4.78, 5) is 24.2. The molecule has 25 heavy (non-hydrogen) atoms. The third-order valence-electron chi connectivity index (χ3n) is 4.33.